The van der Waals surface area contributed by atoms with Crippen molar-refractivity contribution >= 4 is 52.2 Å². The normalized spacial score (nSPS) is 14.1. The number of carbonyl (C=O) groups is 2. The van der Waals surface area contributed by atoms with Crippen LogP contribution < -0.4 is 5.32 Å². The van der Waals surface area contributed by atoms with E-state index >= 15 is 0 Å². The Morgan fingerprint density at radius 3 is 2.36 bits per heavy atom. The van der Waals surface area contributed by atoms with E-state index in [2.05, 4.69) is 10.3 Å². The molecule has 2 heterocycles. The molecule has 0 saturated carbocycles. The van der Waals surface area contributed by atoms with Crippen LogP contribution >= 0.6 is 23.2 Å². The van der Waals surface area contributed by atoms with Crippen LogP contribution in [0.2, 0.25) is 10.0 Å². The third-order valence-corrected chi connectivity index (χ3v) is 4.93. The molecule has 0 atom stereocenters. The average Bonchev–Trinajstić information content (AvgIpc) is 3.00. The van der Waals surface area contributed by atoms with Crippen molar-refractivity contribution in [3.05, 3.63) is 87.2 Å². The Morgan fingerprint density at radius 2 is 1.68 bits per heavy atom. The van der Waals surface area contributed by atoms with E-state index in [0.717, 1.165) is 0 Å². The number of nitrogens with zero attached hydrogens (tertiary/aromatic N) is 1. The van der Waals surface area contributed by atoms with Crippen molar-refractivity contribution < 1.29 is 14.7 Å². The molecule has 28 heavy (non-hydrogen) atoms. The van der Waals surface area contributed by atoms with Crippen molar-refractivity contribution in [2.45, 2.75) is 0 Å². The maximum Gasteiger partial charge on any atom is 0.256 e. The summed E-state index contributed by atoms with van der Waals surface area (Å²) in [5.74, 6) is -0.685. The lowest BCUT2D eigenvalue weighted by Crippen LogP contribution is -2.03. The standard InChI is InChI=1S/C21H12Cl2N2O3/c22-16-8-11(9-17(23)20(16)27)7-15-14-10-13(1-2-18(14)25-21(15)28)19(26)12-3-5-24-6-4-12/h1-10,27H,(H,25,28). The molecule has 0 fully saturated rings. The first-order valence-corrected chi connectivity index (χ1v) is 9.00. The van der Waals surface area contributed by atoms with Crippen LogP contribution in [0.3, 0.4) is 0 Å². The highest BCUT2D eigenvalue weighted by Crippen LogP contribution is 2.37. The number of aromatic nitrogens is 1. The van der Waals surface area contributed by atoms with Gasteiger partial charge in [-0.25, -0.2) is 0 Å². The zero-order chi connectivity index (χ0) is 19.8. The van der Waals surface area contributed by atoms with Crippen molar-refractivity contribution in [3.8, 4) is 5.75 Å². The highest BCUT2D eigenvalue weighted by Gasteiger charge is 2.25. The summed E-state index contributed by atoms with van der Waals surface area (Å²) in [6, 6.07) is 11.3. The second-order valence-corrected chi connectivity index (χ2v) is 6.99. The van der Waals surface area contributed by atoms with Gasteiger partial charge in [0.2, 0.25) is 0 Å². The second-order valence-electron chi connectivity index (χ2n) is 6.17. The molecule has 2 N–H and O–H groups in total. The molecule has 1 aliphatic rings. The van der Waals surface area contributed by atoms with Gasteiger partial charge in [0.05, 0.1) is 10.0 Å². The monoisotopic (exact) mass is 410 g/mol. The zero-order valence-corrected chi connectivity index (χ0v) is 15.8. The van der Waals surface area contributed by atoms with Gasteiger partial charge >= 0.3 is 0 Å². The molecule has 0 unspecified atom stereocenters. The molecule has 0 saturated heterocycles. The molecule has 0 spiro atoms. The number of fused-ring (bicyclic) bond motifs is 1. The predicted molar refractivity (Wildman–Crippen MR) is 109 cm³/mol. The van der Waals surface area contributed by atoms with Crippen LogP contribution in [0.4, 0.5) is 5.69 Å². The van der Waals surface area contributed by atoms with Gasteiger partial charge in [0.15, 0.2) is 11.5 Å². The number of ketones is 1. The summed E-state index contributed by atoms with van der Waals surface area (Å²) < 4.78 is 0. The predicted octanol–water partition coefficient (Wildman–Crippen LogP) is 4.82. The smallest absolute Gasteiger partial charge is 0.256 e. The number of carbonyl (C=O) groups excluding carboxylic acids is 2. The summed E-state index contributed by atoms with van der Waals surface area (Å²) in [6.07, 6.45) is 4.71. The molecule has 3 aromatic rings. The number of anilines is 1. The lowest BCUT2D eigenvalue weighted by atomic mass is 9.98. The molecule has 0 radical (unpaired) electrons. The van der Waals surface area contributed by atoms with Crippen LogP contribution in [0.25, 0.3) is 11.6 Å². The van der Waals surface area contributed by atoms with E-state index in [4.69, 9.17) is 23.2 Å². The molecule has 0 bridgehead atoms. The van der Waals surface area contributed by atoms with Gasteiger partial charge in [-0.1, -0.05) is 23.2 Å². The van der Waals surface area contributed by atoms with Crippen LogP contribution in [-0.4, -0.2) is 21.8 Å². The van der Waals surface area contributed by atoms with Crippen LogP contribution in [0.1, 0.15) is 27.0 Å². The van der Waals surface area contributed by atoms with Gasteiger partial charge in [0, 0.05) is 40.3 Å². The number of halogens is 2. The van der Waals surface area contributed by atoms with Crippen molar-refractivity contribution in [2.24, 2.45) is 0 Å². The fourth-order valence-corrected chi connectivity index (χ4v) is 3.48. The minimum absolute atomic E-state index is 0.0830. The Kier molecular flexibility index (Phi) is 4.63. The minimum Gasteiger partial charge on any atom is -0.505 e. The van der Waals surface area contributed by atoms with E-state index in [1.807, 2.05) is 0 Å². The molecular weight excluding hydrogens is 399 g/mol. The maximum atomic E-state index is 12.7. The van der Waals surface area contributed by atoms with Crippen LogP contribution in [0.15, 0.2) is 54.9 Å². The number of pyridine rings is 1. The molecule has 0 aliphatic carbocycles. The molecule has 1 aliphatic heterocycles. The minimum atomic E-state index is -0.302. The number of rotatable bonds is 3. The van der Waals surface area contributed by atoms with E-state index in [1.165, 1.54) is 12.1 Å². The number of nitrogens with one attached hydrogen (secondary N) is 1. The number of hydrogen-bond donors (Lipinski definition) is 2. The summed E-state index contributed by atoms with van der Waals surface area (Å²) in [6.45, 7) is 0. The van der Waals surface area contributed by atoms with Crippen molar-refractivity contribution in [1.82, 2.24) is 4.98 Å². The van der Waals surface area contributed by atoms with Gasteiger partial charge in [-0.15, -0.1) is 0 Å². The van der Waals surface area contributed by atoms with Crippen molar-refractivity contribution in [1.29, 1.82) is 0 Å². The quantitative estimate of drug-likeness (QED) is 0.479. The largest absolute Gasteiger partial charge is 0.505 e. The third-order valence-electron chi connectivity index (χ3n) is 4.36. The van der Waals surface area contributed by atoms with Crippen LogP contribution in [-0.2, 0) is 4.79 Å². The molecule has 1 aromatic heterocycles. The summed E-state index contributed by atoms with van der Waals surface area (Å²) in [5.41, 5.74) is 3.10. The molecule has 138 valence electrons. The lowest BCUT2D eigenvalue weighted by molar-refractivity contribution is -0.110. The lowest BCUT2D eigenvalue weighted by Gasteiger charge is -2.05. The molecule has 4 rings (SSSR count). The van der Waals surface area contributed by atoms with Crippen molar-refractivity contribution in [2.75, 3.05) is 5.32 Å². The summed E-state index contributed by atoms with van der Waals surface area (Å²) in [4.78, 5) is 29.1. The van der Waals surface area contributed by atoms with E-state index < -0.39 is 0 Å². The molecule has 2 aromatic carbocycles. The van der Waals surface area contributed by atoms with Gasteiger partial charge in [-0.3, -0.25) is 14.6 Å². The first kappa shape index (κ1) is 18.2. The van der Waals surface area contributed by atoms with E-state index in [9.17, 15) is 14.7 Å². The highest BCUT2D eigenvalue weighted by atomic mass is 35.5. The highest BCUT2D eigenvalue weighted by molar-refractivity contribution is 6.38. The van der Waals surface area contributed by atoms with E-state index in [0.29, 0.717) is 33.5 Å². The SMILES string of the molecule is O=C1Nc2ccc(C(=O)c3ccncc3)cc2C1=Cc1cc(Cl)c(O)c(Cl)c1. The second kappa shape index (κ2) is 7.11. The van der Waals surface area contributed by atoms with Crippen molar-refractivity contribution in [3.63, 3.8) is 0 Å². The number of phenols is 1. The molecular formula is C21H12Cl2N2O3. The summed E-state index contributed by atoms with van der Waals surface area (Å²) >= 11 is 11.9. The van der Waals surface area contributed by atoms with Crippen LogP contribution in [0, 0.1) is 0 Å². The van der Waals surface area contributed by atoms with Gasteiger partial charge in [0.25, 0.3) is 5.91 Å². The Labute approximate surface area is 170 Å². The number of benzene rings is 2. The van der Waals surface area contributed by atoms with Crippen LogP contribution in [0.5, 0.6) is 5.75 Å². The van der Waals surface area contributed by atoms with Gasteiger partial charge < -0.3 is 10.4 Å². The van der Waals surface area contributed by atoms with E-state index in [1.54, 1.807) is 48.8 Å². The Bertz CT molecular complexity index is 1130. The van der Waals surface area contributed by atoms with Gasteiger partial charge in [-0.2, -0.15) is 0 Å². The van der Waals surface area contributed by atoms with Gasteiger partial charge in [0.1, 0.15) is 0 Å². The fraction of sp³-hybridized carbons (Fsp3) is 0. The first-order valence-electron chi connectivity index (χ1n) is 8.24. The Hall–Kier alpha value is -3.15. The topological polar surface area (TPSA) is 79.3 Å². The first-order chi connectivity index (χ1) is 13.4. The maximum absolute atomic E-state index is 12.7. The summed E-state index contributed by atoms with van der Waals surface area (Å²) in [7, 11) is 0. The molecule has 1 amide bonds. The number of hydrogen-bond acceptors (Lipinski definition) is 4. The number of phenolic OH excluding ortho intramolecular Hbond substituents is 1. The number of aromatic hydroxyl groups is 1. The molecule has 5 nitrogen and oxygen atoms in total. The third kappa shape index (κ3) is 3.26. The average molecular weight is 411 g/mol. The summed E-state index contributed by atoms with van der Waals surface area (Å²) in [5, 5.41) is 12.6. The Morgan fingerprint density at radius 1 is 1.00 bits per heavy atom. The van der Waals surface area contributed by atoms with E-state index in [-0.39, 0.29) is 27.5 Å². The zero-order valence-electron chi connectivity index (χ0n) is 14.2. The fourth-order valence-electron chi connectivity index (χ4n) is 2.98. The molecule has 7 heteroatoms. The Balaban J connectivity index is 1.77. The number of amides is 1. The van der Waals surface area contributed by atoms with Gasteiger partial charge in [-0.05, 0) is 54.1 Å².